The Morgan fingerprint density at radius 3 is 2.28 bits per heavy atom. The summed E-state index contributed by atoms with van der Waals surface area (Å²) in [5.74, 6) is -0.171. The third-order valence-corrected chi connectivity index (χ3v) is 2.91. The summed E-state index contributed by atoms with van der Waals surface area (Å²) in [4.78, 5) is 15.6. The van der Waals surface area contributed by atoms with E-state index in [1.54, 1.807) is 6.21 Å². The van der Waals surface area contributed by atoms with E-state index < -0.39 is 0 Å². The van der Waals surface area contributed by atoms with Crippen LogP contribution >= 0.6 is 0 Å². The first-order valence-corrected chi connectivity index (χ1v) is 5.79. The van der Waals surface area contributed by atoms with Crippen molar-refractivity contribution in [3.8, 4) is 0 Å². The summed E-state index contributed by atoms with van der Waals surface area (Å²) >= 11 is 0. The molecule has 0 saturated carbocycles. The van der Waals surface area contributed by atoms with Gasteiger partial charge in [0.1, 0.15) is 0 Å². The second-order valence-corrected chi connectivity index (χ2v) is 4.12. The van der Waals surface area contributed by atoms with Crippen LogP contribution in [0.2, 0.25) is 0 Å². The minimum absolute atomic E-state index is 0.171. The molecule has 0 radical (unpaired) electrons. The molecule has 18 heavy (non-hydrogen) atoms. The van der Waals surface area contributed by atoms with Gasteiger partial charge in [0.25, 0.3) is 5.91 Å². The maximum atomic E-state index is 11.7. The number of rotatable bonds is 1. The molecule has 0 N–H and O–H groups in total. The topological polar surface area (TPSA) is 29.4 Å². The number of hydrogen-bond acceptors (Lipinski definition) is 1. The van der Waals surface area contributed by atoms with Gasteiger partial charge in [-0.25, -0.2) is 4.99 Å². The van der Waals surface area contributed by atoms with Gasteiger partial charge in [-0.05, 0) is 23.3 Å². The van der Waals surface area contributed by atoms with Crippen molar-refractivity contribution in [2.24, 2.45) is 4.99 Å². The molecule has 0 bridgehead atoms. The second-order valence-electron chi connectivity index (χ2n) is 4.12. The lowest BCUT2D eigenvalue weighted by molar-refractivity contribution is 0.100. The zero-order valence-electron chi connectivity index (χ0n) is 9.71. The fraction of sp³-hybridized carbons (Fsp3) is 0. The number of allylic oxidation sites excluding steroid dienone is 1. The van der Waals surface area contributed by atoms with Gasteiger partial charge in [-0.2, -0.15) is 0 Å². The number of carbonyl (C=O) groups excluding carboxylic acids is 1. The van der Waals surface area contributed by atoms with Gasteiger partial charge in [-0.3, -0.25) is 4.79 Å². The van der Waals surface area contributed by atoms with E-state index >= 15 is 0 Å². The predicted molar refractivity (Wildman–Crippen MR) is 73.6 cm³/mol. The Balaban J connectivity index is 2.12. The van der Waals surface area contributed by atoms with E-state index in [1.165, 1.54) is 0 Å². The molecular formula is C16H11NO. The Bertz CT molecular complexity index is 654. The fourth-order valence-electron chi connectivity index (χ4n) is 2.03. The zero-order chi connectivity index (χ0) is 12.4. The summed E-state index contributed by atoms with van der Waals surface area (Å²) in [5.41, 5.74) is 3.68. The number of fused-ring (bicyclic) bond motifs is 1. The van der Waals surface area contributed by atoms with Crippen LogP contribution in [0.1, 0.15) is 21.5 Å². The first kappa shape index (κ1) is 10.7. The van der Waals surface area contributed by atoms with E-state index in [1.807, 2.05) is 60.7 Å². The van der Waals surface area contributed by atoms with Crippen LogP contribution in [0.4, 0.5) is 0 Å². The molecule has 0 spiro atoms. The molecule has 0 fully saturated rings. The summed E-state index contributed by atoms with van der Waals surface area (Å²) in [6.07, 6.45) is 3.67. The molecule has 1 aliphatic heterocycles. The van der Waals surface area contributed by atoms with Crippen LogP contribution in [0.25, 0.3) is 11.6 Å². The van der Waals surface area contributed by atoms with Crippen LogP contribution in [-0.4, -0.2) is 12.1 Å². The highest BCUT2D eigenvalue weighted by atomic mass is 16.1. The van der Waals surface area contributed by atoms with Crippen molar-refractivity contribution in [1.29, 1.82) is 0 Å². The third kappa shape index (κ3) is 1.89. The molecule has 1 amide bonds. The predicted octanol–water partition coefficient (Wildman–Crippen LogP) is 3.45. The number of carbonyl (C=O) groups is 1. The van der Waals surface area contributed by atoms with Crippen LogP contribution < -0.4 is 0 Å². The van der Waals surface area contributed by atoms with Gasteiger partial charge in [0.15, 0.2) is 0 Å². The van der Waals surface area contributed by atoms with Gasteiger partial charge >= 0.3 is 0 Å². The Morgan fingerprint density at radius 1 is 0.833 bits per heavy atom. The molecule has 2 nitrogen and oxygen atoms in total. The molecule has 2 aromatic rings. The average molecular weight is 233 g/mol. The monoisotopic (exact) mass is 233 g/mol. The van der Waals surface area contributed by atoms with E-state index in [2.05, 4.69) is 4.99 Å². The number of benzene rings is 2. The van der Waals surface area contributed by atoms with Crippen LogP contribution in [0, 0.1) is 0 Å². The van der Waals surface area contributed by atoms with Crippen LogP contribution in [0.5, 0.6) is 0 Å². The van der Waals surface area contributed by atoms with Crippen LogP contribution in [0.3, 0.4) is 0 Å². The standard InChI is InChI=1S/C16H11NO/c18-16-15-9-5-4-8-14(15)13(11-17-16)10-12-6-2-1-3-7-12/h1-11H. The van der Waals surface area contributed by atoms with E-state index in [4.69, 9.17) is 0 Å². The maximum absolute atomic E-state index is 11.7. The molecule has 0 aromatic heterocycles. The highest BCUT2D eigenvalue weighted by Crippen LogP contribution is 2.24. The molecule has 0 aliphatic carbocycles. The summed E-state index contributed by atoms with van der Waals surface area (Å²) in [6, 6.07) is 17.6. The lowest BCUT2D eigenvalue weighted by Crippen LogP contribution is -2.07. The molecule has 86 valence electrons. The summed E-state index contributed by atoms with van der Waals surface area (Å²) in [6.45, 7) is 0. The van der Waals surface area contributed by atoms with E-state index in [-0.39, 0.29) is 5.91 Å². The number of amides is 1. The third-order valence-electron chi connectivity index (χ3n) is 2.91. The maximum Gasteiger partial charge on any atom is 0.277 e. The van der Waals surface area contributed by atoms with Gasteiger partial charge in [-0.15, -0.1) is 0 Å². The van der Waals surface area contributed by atoms with Crippen molar-refractivity contribution < 1.29 is 4.79 Å². The van der Waals surface area contributed by atoms with Gasteiger partial charge in [0.2, 0.25) is 0 Å². The van der Waals surface area contributed by atoms with E-state index in [9.17, 15) is 4.79 Å². The molecule has 3 rings (SSSR count). The number of hydrogen-bond donors (Lipinski definition) is 0. The summed E-state index contributed by atoms with van der Waals surface area (Å²) in [7, 11) is 0. The second kappa shape index (κ2) is 4.41. The highest BCUT2D eigenvalue weighted by molar-refractivity contribution is 6.25. The van der Waals surface area contributed by atoms with Crippen LogP contribution in [0.15, 0.2) is 59.6 Å². The zero-order valence-corrected chi connectivity index (χ0v) is 9.71. The largest absolute Gasteiger partial charge is 0.277 e. The van der Waals surface area contributed by atoms with Crippen molar-refractivity contribution in [1.82, 2.24) is 0 Å². The average Bonchev–Trinajstić information content (AvgIpc) is 2.44. The molecule has 2 heteroatoms. The molecule has 1 aliphatic rings. The first-order valence-electron chi connectivity index (χ1n) is 5.79. The Hall–Kier alpha value is -2.48. The van der Waals surface area contributed by atoms with Crippen molar-refractivity contribution >= 4 is 23.8 Å². The fourth-order valence-corrected chi connectivity index (χ4v) is 2.03. The van der Waals surface area contributed by atoms with Gasteiger partial charge in [0, 0.05) is 17.4 Å². The van der Waals surface area contributed by atoms with Crippen molar-refractivity contribution in [3.63, 3.8) is 0 Å². The number of aliphatic imine (C=N–C) groups is 1. The van der Waals surface area contributed by atoms with E-state index in [0.29, 0.717) is 5.56 Å². The summed E-state index contributed by atoms with van der Waals surface area (Å²) < 4.78 is 0. The minimum Gasteiger partial charge on any atom is -0.267 e. The molecule has 0 unspecified atom stereocenters. The summed E-state index contributed by atoms with van der Waals surface area (Å²) in [5, 5.41) is 0. The van der Waals surface area contributed by atoms with Gasteiger partial charge in [0.05, 0.1) is 0 Å². The Kier molecular flexibility index (Phi) is 2.61. The van der Waals surface area contributed by atoms with Gasteiger partial charge in [-0.1, -0.05) is 48.5 Å². The molecule has 0 atom stereocenters. The highest BCUT2D eigenvalue weighted by Gasteiger charge is 2.16. The lowest BCUT2D eigenvalue weighted by atomic mass is 9.96. The van der Waals surface area contributed by atoms with Crippen molar-refractivity contribution in [2.45, 2.75) is 0 Å². The lowest BCUT2D eigenvalue weighted by Gasteiger charge is -2.11. The first-order chi connectivity index (χ1) is 8.84. The normalized spacial score (nSPS) is 15.8. The van der Waals surface area contributed by atoms with Crippen molar-refractivity contribution in [3.05, 3.63) is 71.3 Å². The molecule has 0 saturated heterocycles. The quantitative estimate of drug-likeness (QED) is 0.741. The SMILES string of the molecule is O=C1N=CC(=Cc2ccccc2)c2ccccc21. The molecule has 2 aromatic carbocycles. The van der Waals surface area contributed by atoms with Gasteiger partial charge < -0.3 is 0 Å². The van der Waals surface area contributed by atoms with Crippen LogP contribution in [-0.2, 0) is 0 Å². The van der Waals surface area contributed by atoms with E-state index in [0.717, 1.165) is 16.7 Å². The molecular weight excluding hydrogens is 222 g/mol. The Labute approximate surface area is 105 Å². The minimum atomic E-state index is -0.171. The Morgan fingerprint density at radius 2 is 1.50 bits per heavy atom. The van der Waals surface area contributed by atoms with Crippen molar-refractivity contribution in [2.75, 3.05) is 0 Å². The molecule has 1 heterocycles. The number of nitrogens with zero attached hydrogens (tertiary/aromatic N) is 1. The smallest absolute Gasteiger partial charge is 0.267 e.